The number of aliphatic hydroxyl groups is 1. The van der Waals surface area contributed by atoms with Crippen molar-refractivity contribution in [1.82, 2.24) is 0 Å². The minimum Gasteiger partial charge on any atom is -0.466 e. The molecule has 0 spiro atoms. The smallest absolute Gasteiger partial charge is 0.306 e. The second-order valence-electron chi connectivity index (χ2n) is 16.0. The van der Waals surface area contributed by atoms with Crippen molar-refractivity contribution in [2.45, 2.75) is 141 Å². The van der Waals surface area contributed by atoms with E-state index in [1.54, 1.807) is 6.92 Å². The van der Waals surface area contributed by atoms with Gasteiger partial charge in [0.05, 0.1) is 62.7 Å². The molecule has 2 saturated heterocycles. The van der Waals surface area contributed by atoms with E-state index in [1.165, 1.54) is 10.4 Å². The van der Waals surface area contributed by atoms with E-state index in [-0.39, 0.29) is 72.2 Å². The summed E-state index contributed by atoms with van der Waals surface area (Å²) in [5, 5.41) is 12.2. The second kappa shape index (κ2) is 15.8. The molecular formula is C40H58O10Si. The van der Waals surface area contributed by atoms with E-state index >= 15 is 0 Å². The maximum absolute atomic E-state index is 12.6. The fraction of sp³-hybridized carbons (Fsp3) is 0.650. The molecule has 2 aliphatic heterocycles. The molecule has 2 aromatic rings. The zero-order chi connectivity index (χ0) is 37.2. The molecule has 6 rings (SSSR count). The van der Waals surface area contributed by atoms with Gasteiger partial charge in [0.15, 0.2) is 11.6 Å². The summed E-state index contributed by atoms with van der Waals surface area (Å²) in [4.78, 5) is 24.1. The highest BCUT2D eigenvalue weighted by Gasteiger charge is 2.59. The average Bonchev–Trinajstić information content (AvgIpc) is 3.71. The van der Waals surface area contributed by atoms with Crippen molar-refractivity contribution in [2.75, 3.05) is 13.2 Å². The quantitative estimate of drug-likeness (QED) is 0.257. The van der Waals surface area contributed by atoms with Crippen molar-refractivity contribution in [3.63, 3.8) is 0 Å². The van der Waals surface area contributed by atoms with Crippen LogP contribution in [-0.2, 0) is 42.4 Å². The van der Waals surface area contributed by atoms with Crippen LogP contribution in [0.15, 0.2) is 60.7 Å². The predicted octanol–water partition coefficient (Wildman–Crippen LogP) is 5.27. The Morgan fingerprint density at radius 1 is 0.725 bits per heavy atom. The monoisotopic (exact) mass is 726 g/mol. The zero-order valence-electron chi connectivity index (χ0n) is 31.8. The summed E-state index contributed by atoms with van der Waals surface area (Å²) in [5.41, 5.74) is 0. The van der Waals surface area contributed by atoms with Gasteiger partial charge in [-0.2, -0.15) is 0 Å². The molecular weight excluding hydrogens is 669 g/mol. The minimum absolute atomic E-state index is 0.0994. The van der Waals surface area contributed by atoms with Crippen molar-refractivity contribution in [2.24, 2.45) is 11.8 Å². The first kappa shape index (κ1) is 39.6. The molecule has 0 radical (unpaired) electrons. The summed E-state index contributed by atoms with van der Waals surface area (Å²) < 4.78 is 41.6. The summed E-state index contributed by atoms with van der Waals surface area (Å²) in [6.07, 6.45) is 0.338. The Bertz CT molecular complexity index is 1420. The van der Waals surface area contributed by atoms with E-state index in [4.69, 9.17) is 32.8 Å². The number of hydrogen-bond acceptors (Lipinski definition) is 10. The molecule has 8 atom stereocenters. The van der Waals surface area contributed by atoms with Gasteiger partial charge in [-0.15, -0.1) is 0 Å². The standard InChI is InChI=1S/C28H38O5Si.C12H20O5/c1-7-30-25(29)18-22-23(19-24-26(22)32-28(5,6)31-24)33-34(27(2,3)4,20-14-10-8-11-15-20)21-16-12-9-13-17-21;1-4-15-10(14)5-7-8(13)6-9-11(7)17-12(2,3)16-9/h8-17,22-24,26H,7,18-19H2,1-6H3;7-9,11,13H,4-6H2,1-3H3/t22-,23+,24+,26-;7-,8+,9+,11-/m00/s1. The first-order valence-electron chi connectivity index (χ1n) is 18.5. The molecule has 4 aliphatic rings. The van der Waals surface area contributed by atoms with Crippen molar-refractivity contribution >= 4 is 30.6 Å². The molecule has 2 aliphatic carbocycles. The lowest BCUT2D eigenvalue weighted by atomic mass is 9.99. The van der Waals surface area contributed by atoms with Crippen LogP contribution in [0.1, 0.15) is 88.0 Å². The lowest BCUT2D eigenvalue weighted by molar-refractivity contribution is -0.168. The van der Waals surface area contributed by atoms with Gasteiger partial charge in [-0.3, -0.25) is 9.59 Å². The zero-order valence-corrected chi connectivity index (χ0v) is 32.8. The SMILES string of the molecule is CCOC(=O)C[C@@H]1[C@@H]2OC(C)(C)O[C@@H]2C[C@H]1O.CCOC(=O)C[C@@H]1[C@@H]2OC(C)(C)O[C@@H]2C[C@H]1O[Si](c1ccccc1)(c1ccccc1)C(C)(C)C. The summed E-state index contributed by atoms with van der Waals surface area (Å²) in [6.45, 7) is 18.7. The molecule has 10 nitrogen and oxygen atoms in total. The average molecular weight is 727 g/mol. The molecule has 4 fully saturated rings. The third-order valence-corrected chi connectivity index (χ3v) is 15.4. The first-order chi connectivity index (χ1) is 24.0. The van der Waals surface area contributed by atoms with Crippen molar-refractivity contribution < 1.29 is 47.5 Å². The molecule has 2 heterocycles. The number of benzene rings is 2. The number of ether oxygens (including phenoxy) is 6. The number of fused-ring (bicyclic) bond motifs is 2. The van der Waals surface area contributed by atoms with E-state index < -0.39 is 26.0 Å². The van der Waals surface area contributed by atoms with Gasteiger partial charge in [0.2, 0.25) is 0 Å². The number of carbonyl (C=O) groups is 2. The Morgan fingerprint density at radius 2 is 1.16 bits per heavy atom. The van der Waals surface area contributed by atoms with E-state index in [2.05, 4.69) is 69.3 Å². The Balaban J connectivity index is 0.000000248. The van der Waals surface area contributed by atoms with Crippen LogP contribution in [0.5, 0.6) is 0 Å². The number of aliphatic hydroxyl groups excluding tert-OH is 1. The van der Waals surface area contributed by atoms with Gasteiger partial charge in [-0.1, -0.05) is 81.4 Å². The van der Waals surface area contributed by atoms with E-state index in [0.717, 1.165) is 0 Å². The Kier molecular flexibility index (Phi) is 12.2. The third-order valence-electron chi connectivity index (χ3n) is 10.4. The van der Waals surface area contributed by atoms with Gasteiger partial charge in [0.25, 0.3) is 8.32 Å². The van der Waals surface area contributed by atoms with Crippen LogP contribution < -0.4 is 10.4 Å². The summed E-state index contributed by atoms with van der Waals surface area (Å²) in [7, 11) is -2.77. The molecule has 0 amide bonds. The molecule has 0 aromatic heterocycles. The summed E-state index contributed by atoms with van der Waals surface area (Å²) in [5.74, 6) is -2.14. The summed E-state index contributed by atoms with van der Waals surface area (Å²) >= 11 is 0. The molecule has 2 saturated carbocycles. The third kappa shape index (κ3) is 8.78. The highest BCUT2D eigenvalue weighted by atomic mass is 28.4. The fourth-order valence-corrected chi connectivity index (χ4v) is 13.2. The number of esters is 2. The largest absolute Gasteiger partial charge is 0.466 e. The molecule has 0 unspecified atom stereocenters. The van der Waals surface area contributed by atoms with Crippen molar-refractivity contribution in [3.05, 3.63) is 60.7 Å². The minimum atomic E-state index is -2.77. The molecule has 51 heavy (non-hydrogen) atoms. The molecule has 282 valence electrons. The first-order valence-corrected chi connectivity index (χ1v) is 20.4. The number of carbonyl (C=O) groups excluding carboxylic acids is 2. The normalized spacial score (nSPS) is 30.5. The number of rotatable bonds is 10. The van der Waals surface area contributed by atoms with Crippen LogP contribution in [0.25, 0.3) is 0 Å². The van der Waals surface area contributed by atoms with Crippen LogP contribution in [0.2, 0.25) is 5.04 Å². The van der Waals surface area contributed by atoms with Crippen LogP contribution in [0.4, 0.5) is 0 Å². The molecule has 11 heteroatoms. The van der Waals surface area contributed by atoms with Gasteiger partial charge in [-0.25, -0.2) is 0 Å². The Hall–Kier alpha value is -2.64. The van der Waals surface area contributed by atoms with Gasteiger partial charge >= 0.3 is 11.9 Å². The highest BCUT2D eigenvalue weighted by Crippen LogP contribution is 2.48. The maximum Gasteiger partial charge on any atom is 0.306 e. The van der Waals surface area contributed by atoms with Gasteiger partial charge in [0.1, 0.15) is 0 Å². The Labute approximate surface area is 304 Å². The predicted molar refractivity (Wildman–Crippen MR) is 195 cm³/mol. The van der Waals surface area contributed by atoms with Crippen LogP contribution in [-0.4, -0.2) is 86.8 Å². The highest BCUT2D eigenvalue weighted by molar-refractivity contribution is 6.99. The van der Waals surface area contributed by atoms with Gasteiger partial charge in [0, 0.05) is 24.7 Å². The van der Waals surface area contributed by atoms with Crippen LogP contribution >= 0.6 is 0 Å². The molecule has 0 bridgehead atoms. The van der Waals surface area contributed by atoms with Gasteiger partial charge < -0.3 is 38.0 Å². The second-order valence-corrected chi connectivity index (χ2v) is 20.2. The van der Waals surface area contributed by atoms with E-state index in [9.17, 15) is 14.7 Å². The van der Waals surface area contributed by atoms with Gasteiger partial charge in [-0.05, 0) is 57.0 Å². The Morgan fingerprint density at radius 3 is 1.61 bits per heavy atom. The summed E-state index contributed by atoms with van der Waals surface area (Å²) in [6, 6.07) is 21.2. The van der Waals surface area contributed by atoms with E-state index in [0.29, 0.717) is 26.1 Å². The van der Waals surface area contributed by atoms with Crippen molar-refractivity contribution in [1.29, 1.82) is 0 Å². The molecule has 2 aromatic carbocycles. The van der Waals surface area contributed by atoms with E-state index in [1.807, 2.05) is 46.8 Å². The van der Waals surface area contributed by atoms with Crippen molar-refractivity contribution in [3.8, 4) is 0 Å². The lowest BCUT2D eigenvalue weighted by Crippen LogP contribution is -2.68. The maximum atomic E-state index is 12.6. The lowest BCUT2D eigenvalue weighted by Gasteiger charge is -2.45. The van der Waals surface area contributed by atoms with Crippen LogP contribution in [0, 0.1) is 11.8 Å². The fourth-order valence-electron chi connectivity index (χ4n) is 8.44. The van der Waals surface area contributed by atoms with Crippen LogP contribution in [0.3, 0.4) is 0 Å². The topological polar surface area (TPSA) is 119 Å². The molecule has 1 N–H and O–H groups in total. The number of hydrogen-bond donors (Lipinski definition) is 1.